The molecule has 0 unspecified atom stereocenters. The molecular weight excluding hydrogens is 938 g/mol. The smallest absolute Gasteiger partial charge is 0.275 e. The van der Waals surface area contributed by atoms with Crippen molar-refractivity contribution >= 4 is 62.5 Å². The lowest BCUT2D eigenvalue weighted by atomic mass is 10.1. The monoisotopic (exact) mass is 991 g/mol. The highest BCUT2D eigenvalue weighted by Gasteiger charge is 2.22. The number of aryl methyl sites for hydroxylation is 8. The molecule has 5 N–H and O–H groups in total. The van der Waals surface area contributed by atoms with E-state index in [0.29, 0.717) is 32.8 Å². The van der Waals surface area contributed by atoms with Crippen molar-refractivity contribution in [2.75, 3.05) is 42.8 Å². The van der Waals surface area contributed by atoms with Gasteiger partial charge in [0.1, 0.15) is 5.82 Å². The summed E-state index contributed by atoms with van der Waals surface area (Å²) in [5, 5.41) is 47.2. The average Bonchev–Trinajstić information content (AvgIpc) is 3.16. The first-order chi connectivity index (χ1) is 28.6. The molecule has 62 heavy (non-hydrogen) atoms. The number of nitro groups is 2. The van der Waals surface area contributed by atoms with E-state index in [1.54, 1.807) is 38.1 Å². The van der Waals surface area contributed by atoms with E-state index in [1.165, 1.54) is 39.8 Å². The second-order valence-electron chi connectivity index (χ2n) is 14.3. The molecule has 0 fully saturated rings. The van der Waals surface area contributed by atoms with Crippen molar-refractivity contribution in [1.29, 1.82) is 0 Å². The maximum atomic E-state index is 12.6. The number of hydrogen-bond donors (Lipinski definition) is 4. The Bertz CT molecular complexity index is 2390. The minimum absolute atomic E-state index is 0.00333. The van der Waals surface area contributed by atoms with Gasteiger partial charge in [0.2, 0.25) is 0 Å². The van der Waals surface area contributed by atoms with Gasteiger partial charge in [-0.3, -0.25) is 20.2 Å². The maximum Gasteiger partial charge on any atom is 0.275 e. The van der Waals surface area contributed by atoms with E-state index in [9.17, 15) is 49.9 Å². The zero-order valence-electron chi connectivity index (χ0n) is 35.9. The molecule has 4 aromatic rings. The maximum absolute atomic E-state index is 12.6. The summed E-state index contributed by atoms with van der Waals surface area (Å²) in [6.45, 7) is 12.9. The number of benzene rings is 4. The molecule has 0 heterocycles. The second kappa shape index (κ2) is 24.5. The number of sulfone groups is 3. The van der Waals surface area contributed by atoms with E-state index >= 15 is 0 Å². The van der Waals surface area contributed by atoms with Crippen LogP contribution < -0.4 is 5.73 Å². The summed E-state index contributed by atoms with van der Waals surface area (Å²) in [6, 6.07) is 11.4. The fraction of sp³-hybridized carbons (Fsp3) is 0.415. The number of nitrogens with two attached hydrogens (primary N) is 1. The Labute approximate surface area is 371 Å². The first kappa shape index (κ1) is 55.6. The number of nitro benzene ring substituents is 2. The zero-order chi connectivity index (χ0) is 47.9. The van der Waals surface area contributed by atoms with Crippen LogP contribution in [0.3, 0.4) is 0 Å². The second-order valence-corrected chi connectivity index (χ2v) is 21.5. The lowest BCUT2D eigenvalue weighted by Gasteiger charge is -2.09. The van der Waals surface area contributed by atoms with Crippen LogP contribution in [0.5, 0.6) is 0 Å². The van der Waals surface area contributed by atoms with Crippen molar-refractivity contribution in [3.05, 3.63) is 124 Å². The summed E-state index contributed by atoms with van der Waals surface area (Å²) in [4.78, 5) is 20.9. The van der Waals surface area contributed by atoms with E-state index in [0.717, 1.165) is 38.9 Å². The number of anilines is 1. The number of hydrogen-bond acceptors (Lipinski definition) is 14. The molecule has 4 rings (SSSR count). The fourth-order valence-electron chi connectivity index (χ4n) is 5.89. The highest BCUT2D eigenvalue weighted by molar-refractivity contribution is 9.10. The summed E-state index contributed by atoms with van der Waals surface area (Å²) in [7, 11) is -10.1. The summed E-state index contributed by atoms with van der Waals surface area (Å²) in [5.41, 5.74) is 11.0. The lowest BCUT2D eigenvalue weighted by molar-refractivity contribution is -0.386. The van der Waals surface area contributed by atoms with E-state index in [4.69, 9.17) is 21.1 Å². The van der Waals surface area contributed by atoms with Crippen molar-refractivity contribution < 1.29 is 54.8 Å². The van der Waals surface area contributed by atoms with Crippen molar-refractivity contribution in [3.8, 4) is 0 Å². The van der Waals surface area contributed by atoms with Gasteiger partial charge in [-0.25, -0.2) is 29.6 Å². The van der Waals surface area contributed by atoms with Crippen molar-refractivity contribution in [2.45, 2.75) is 89.3 Å². The summed E-state index contributed by atoms with van der Waals surface area (Å²) < 4.78 is 84.8. The van der Waals surface area contributed by atoms with Gasteiger partial charge in [-0.2, -0.15) is 0 Å². The summed E-state index contributed by atoms with van der Waals surface area (Å²) >= 11 is 3.40. The molecule has 344 valence electrons. The molecule has 0 aromatic heterocycles. The van der Waals surface area contributed by atoms with Crippen LogP contribution in [-0.4, -0.2) is 87.5 Å². The van der Waals surface area contributed by atoms with Crippen LogP contribution in [-0.2, 0) is 29.5 Å². The standard InChI is InChI=1S/C11H15BrO3S.C11H15NO5S.C11H17NO3S.C8H8FNO2/c1-8-6-10(7-9(2)11(8)12)16(14,15)5-3-4-13;1-8-6-10(18(16,17)5-3-4-13)7-9(2)11(8)12(14)15;1-8-6-10(7-9(2)11(8)12)16(14,15)5-3-4-13;1-5-3-7(9)4-6(2)8(5)10(11)12/h6-7,13H,3-5H2,1-2H3;6-7,13H,3-5H2,1-2H3;6-7,13H,3-5,12H2,1-2H3;3-4H,1-2H3. The molecule has 16 nitrogen and oxygen atoms in total. The summed E-state index contributed by atoms with van der Waals surface area (Å²) in [6.07, 6.45) is 0.679. The quantitative estimate of drug-likeness (QED) is 0.0564. The van der Waals surface area contributed by atoms with Gasteiger partial charge in [0.05, 0.1) is 41.8 Å². The number of halogens is 2. The largest absolute Gasteiger partial charge is 0.398 e. The lowest BCUT2D eigenvalue weighted by Crippen LogP contribution is -2.09. The average molecular weight is 993 g/mol. The topological polar surface area (TPSA) is 275 Å². The van der Waals surface area contributed by atoms with Crippen LogP contribution in [0.4, 0.5) is 21.5 Å². The minimum Gasteiger partial charge on any atom is -0.398 e. The molecule has 0 bridgehead atoms. The molecule has 0 atom stereocenters. The molecule has 0 aliphatic carbocycles. The summed E-state index contributed by atoms with van der Waals surface area (Å²) in [5.74, 6) is -0.646. The van der Waals surface area contributed by atoms with Crippen LogP contribution in [0.15, 0.2) is 67.7 Å². The van der Waals surface area contributed by atoms with Gasteiger partial charge in [-0.15, -0.1) is 0 Å². The molecule has 0 saturated heterocycles. The van der Waals surface area contributed by atoms with Gasteiger partial charge in [0.15, 0.2) is 29.5 Å². The van der Waals surface area contributed by atoms with Crippen LogP contribution in [0.2, 0.25) is 0 Å². The Kier molecular flexibility index (Phi) is 22.0. The zero-order valence-corrected chi connectivity index (χ0v) is 39.9. The number of aliphatic hydroxyl groups excluding tert-OH is 3. The number of nitrogen functional groups attached to an aromatic ring is 1. The fourth-order valence-corrected chi connectivity index (χ4v) is 10.5. The van der Waals surface area contributed by atoms with Crippen LogP contribution >= 0.6 is 15.9 Å². The van der Waals surface area contributed by atoms with Crippen molar-refractivity contribution in [3.63, 3.8) is 0 Å². The molecule has 4 aromatic carbocycles. The van der Waals surface area contributed by atoms with E-state index in [1.807, 2.05) is 13.8 Å². The Balaban J connectivity index is 0.000000417. The minimum atomic E-state index is -3.49. The van der Waals surface area contributed by atoms with E-state index in [2.05, 4.69) is 15.9 Å². The van der Waals surface area contributed by atoms with Crippen LogP contribution in [0.1, 0.15) is 63.8 Å². The van der Waals surface area contributed by atoms with Gasteiger partial charge in [-0.05, 0) is 145 Å². The van der Waals surface area contributed by atoms with Gasteiger partial charge in [0, 0.05) is 52.2 Å². The number of nitrogens with zero attached hydrogens (tertiary/aromatic N) is 2. The first-order valence-electron chi connectivity index (χ1n) is 18.9. The third-order valence-corrected chi connectivity index (χ3v) is 15.6. The first-order valence-corrected chi connectivity index (χ1v) is 24.6. The van der Waals surface area contributed by atoms with Crippen LogP contribution in [0.25, 0.3) is 0 Å². The highest BCUT2D eigenvalue weighted by Crippen LogP contribution is 2.28. The number of aliphatic hydroxyl groups is 3. The molecular formula is C41H55BrFN3O13S3. The molecule has 0 saturated carbocycles. The third kappa shape index (κ3) is 16.4. The molecule has 0 amide bonds. The Hall–Kier alpha value is -4.38. The molecule has 0 aliphatic heterocycles. The SMILES string of the molecule is Cc1cc(F)cc(C)c1[N+](=O)[O-].Cc1cc(S(=O)(=O)CCCO)cc(C)c1Br.Cc1cc(S(=O)(=O)CCCO)cc(C)c1N.Cc1cc(S(=O)(=O)CCCO)cc(C)c1[N+](=O)[O-]. The molecule has 0 spiro atoms. The molecule has 0 aliphatic rings. The van der Waals surface area contributed by atoms with Crippen molar-refractivity contribution in [1.82, 2.24) is 0 Å². The van der Waals surface area contributed by atoms with Gasteiger partial charge in [-0.1, -0.05) is 15.9 Å². The van der Waals surface area contributed by atoms with Gasteiger partial charge in [0.25, 0.3) is 11.4 Å². The Morgan fingerprint density at radius 1 is 0.516 bits per heavy atom. The van der Waals surface area contributed by atoms with Gasteiger partial charge < -0.3 is 21.1 Å². The van der Waals surface area contributed by atoms with E-state index in [-0.39, 0.29) is 77.5 Å². The molecule has 0 radical (unpaired) electrons. The Morgan fingerprint density at radius 2 is 0.758 bits per heavy atom. The van der Waals surface area contributed by atoms with E-state index < -0.39 is 45.2 Å². The van der Waals surface area contributed by atoms with Gasteiger partial charge >= 0.3 is 0 Å². The predicted octanol–water partition coefficient (Wildman–Crippen LogP) is 6.98. The highest BCUT2D eigenvalue weighted by atomic mass is 79.9. The Morgan fingerprint density at radius 3 is 1.02 bits per heavy atom. The predicted molar refractivity (Wildman–Crippen MR) is 240 cm³/mol. The molecule has 21 heteroatoms. The third-order valence-electron chi connectivity index (χ3n) is 9.05. The number of rotatable bonds is 14. The van der Waals surface area contributed by atoms with Crippen LogP contribution in [0, 0.1) is 81.4 Å². The normalized spacial score (nSPS) is 11.3. The van der Waals surface area contributed by atoms with Crippen molar-refractivity contribution in [2.24, 2.45) is 0 Å².